The molecule has 0 aliphatic heterocycles. The molecule has 3 aromatic rings. The van der Waals surface area contributed by atoms with Crippen LogP contribution in [0.15, 0.2) is 92.0 Å². The lowest BCUT2D eigenvalue weighted by atomic mass is 10.2. The molecule has 0 radical (unpaired) electrons. The molecule has 0 spiro atoms. The molecule has 276 valence electrons. The van der Waals surface area contributed by atoms with Crippen LogP contribution in [-0.2, 0) is 28.5 Å². The normalized spacial score (nSPS) is 9.94. The molecule has 0 saturated carbocycles. The Balaban J connectivity index is 0.00000936. The van der Waals surface area contributed by atoms with E-state index in [4.69, 9.17) is 37.9 Å². The van der Waals surface area contributed by atoms with Gasteiger partial charge in [-0.15, -0.1) is 0 Å². The fraction of sp³-hybridized carbons (Fsp3) is 0.263. The van der Waals surface area contributed by atoms with Crippen LogP contribution < -0.4 is 18.9 Å². The minimum Gasteiger partial charge on any atom is -0.463 e. The average Bonchev–Trinajstić information content (AvgIpc) is 3.12. The van der Waals surface area contributed by atoms with Crippen LogP contribution in [-0.4, -0.2) is 62.6 Å². The van der Waals surface area contributed by atoms with Crippen molar-refractivity contribution in [2.75, 3.05) is 26.4 Å². The summed E-state index contributed by atoms with van der Waals surface area (Å²) in [6.45, 7) is 8.74. The summed E-state index contributed by atoms with van der Waals surface area (Å²) in [5.74, 6) is -1.67. The zero-order chi connectivity index (χ0) is 37.0. The summed E-state index contributed by atoms with van der Waals surface area (Å²) < 4.78 is 40.7. The highest BCUT2D eigenvalue weighted by molar-refractivity contribution is 5.92. The van der Waals surface area contributed by atoms with Gasteiger partial charge < -0.3 is 37.9 Å². The maximum absolute atomic E-state index is 12.7. The Morgan fingerprint density at radius 1 is 0.519 bits per heavy atom. The van der Waals surface area contributed by atoms with Crippen LogP contribution in [0.5, 0.6) is 23.0 Å². The summed E-state index contributed by atoms with van der Waals surface area (Å²) in [7, 11) is 0. The molecule has 0 bridgehead atoms. The molecule has 0 aliphatic carbocycles. The third-order valence-corrected chi connectivity index (χ3v) is 6.48. The van der Waals surface area contributed by atoms with Gasteiger partial charge in [0.1, 0.15) is 23.0 Å². The molecule has 0 unspecified atom stereocenters. The lowest BCUT2D eigenvalue weighted by Crippen LogP contribution is -2.13. The van der Waals surface area contributed by atoms with E-state index >= 15 is 0 Å². The number of esters is 4. The van der Waals surface area contributed by atoms with Gasteiger partial charge in [-0.05, 0) is 105 Å². The smallest absolute Gasteiger partial charge is 0.463 e. The molecule has 0 atom stereocenters. The zero-order valence-electron chi connectivity index (χ0n) is 27.8. The first-order chi connectivity index (χ1) is 24.6. The van der Waals surface area contributed by atoms with E-state index in [2.05, 4.69) is 13.2 Å². The molecule has 0 amide bonds. The highest BCUT2D eigenvalue weighted by Gasteiger charge is 2.15. The van der Waals surface area contributed by atoms with Gasteiger partial charge in [-0.3, -0.25) is 0 Å². The van der Waals surface area contributed by atoms with E-state index in [9.17, 15) is 28.8 Å². The van der Waals surface area contributed by atoms with E-state index < -0.39 is 36.2 Å². The summed E-state index contributed by atoms with van der Waals surface area (Å²) in [5.41, 5.74) is 0.877. The summed E-state index contributed by atoms with van der Waals surface area (Å²) in [4.78, 5) is 71.1. The maximum Gasteiger partial charge on any atom is 0.513 e. The monoisotopic (exact) mass is 720 g/mol. The van der Waals surface area contributed by atoms with E-state index in [1.54, 1.807) is 6.92 Å². The molecule has 0 saturated heterocycles. The van der Waals surface area contributed by atoms with E-state index in [0.717, 1.165) is 12.2 Å². The number of benzene rings is 3. The largest absolute Gasteiger partial charge is 0.513 e. The minimum atomic E-state index is -0.927. The van der Waals surface area contributed by atoms with Crippen molar-refractivity contribution in [1.82, 2.24) is 0 Å². The van der Waals surface area contributed by atoms with E-state index in [-0.39, 0.29) is 68.0 Å². The lowest BCUT2D eigenvalue weighted by Gasteiger charge is -2.11. The van der Waals surface area contributed by atoms with Crippen LogP contribution in [0.25, 0.3) is 0 Å². The van der Waals surface area contributed by atoms with Crippen molar-refractivity contribution in [2.45, 2.75) is 40.0 Å². The predicted molar refractivity (Wildman–Crippen MR) is 185 cm³/mol. The van der Waals surface area contributed by atoms with Crippen LogP contribution in [0.4, 0.5) is 9.59 Å². The number of hydrogen-bond acceptors (Lipinski definition) is 14. The van der Waals surface area contributed by atoms with Crippen LogP contribution in [0.3, 0.4) is 0 Å². The van der Waals surface area contributed by atoms with Gasteiger partial charge in [-0.2, -0.15) is 0 Å². The number of hydrogen-bond donors (Lipinski definition) is 0. The molecule has 0 aliphatic rings. The Bertz CT molecular complexity index is 1690. The fourth-order valence-corrected chi connectivity index (χ4v) is 3.88. The molecule has 52 heavy (non-hydrogen) atoms. The lowest BCUT2D eigenvalue weighted by molar-refractivity contribution is -0.138. The Hall–Kier alpha value is -6.44. The van der Waals surface area contributed by atoms with Crippen LogP contribution >= 0.6 is 0 Å². The molecule has 0 aromatic heterocycles. The molecule has 14 heteroatoms. The first kappa shape index (κ1) is 41.7. The summed E-state index contributed by atoms with van der Waals surface area (Å²) in [6.07, 6.45) is 2.18. The molecule has 0 N–H and O–H groups in total. The first-order valence-corrected chi connectivity index (χ1v) is 15.6. The van der Waals surface area contributed by atoms with E-state index in [1.165, 1.54) is 66.7 Å². The van der Waals surface area contributed by atoms with Gasteiger partial charge in [0.05, 0.1) is 37.6 Å². The van der Waals surface area contributed by atoms with Crippen molar-refractivity contribution in [3.8, 4) is 23.0 Å². The number of unbranched alkanes of at least 4 members (excludes halogenated alkanes) is 2. The van der Waals surface area contributed by atoms with Crippen molar-refractivity contribution in [3.05, 3.63) is 109 Å². The Labute approximate surface area is 300 Å². The number of carbonyl (C=O) groups is 6. The van der Waals surface area contributed by atoms with Gasteiger partial charge in [-0.25, -0.2) is 28.8 Å². The Morgan fingerprint density at radius 3 is 1.31 bits per heavy atom. The fourth-order valence-electron chi connectivity index (χ4n) is 3.88. The number of ether oxygens (including phenoxy) is 8. The quantitative estimate of drug-likeness (QED) is 0.0324. The third kappa shape index (κ3) is 15.0. The zero-order valence-corrected chi connectivity index (χ0v) is 27.8. The summed E-state index contributed by atoms with van der Waals surface area (Å²) in [5, 5.41) is 0. The molecule has 0 fully saturated rings. The molecular formula is C38H40O14. The van der Waals surface area contributed by atoms with Gasteiger partial charge in [-0.1, -0.05) is 20.6 Å². The van der Waals surface area contributed by atoms with Gasteiger partial charge in [0.25, 0.3) is 0 Å². The standard InChI is InChI=1S/C37H36O14.CH4/c1-4-32(38)44-20-6-8-22-46-36(42)49-28-14-10-26(11-15-28)34(40)48-30-18-19-31(25(3)24-30)51-35(41)27-12-16-29(17-13-27)50-37(43)47-23-9-7-21-45-33(39)5-2;/h4-5,10-19,24H,1-2,6-9,20-23H2,3H3;1H4. The van der Waals surface area contributed by atoms with Crippen LogP contribution in [0.1, 0.15) is 59.4 Å². The highest BCUT2D eigenvalue weighted by atomic mass is 16.7. The van der Waals surface area contributed by atoms with Crippen molar-refractivity contribution >= 4 is 36.2 Å². The predicted octanol–water partition coefficient (Wildman–Crippen LogP) is 7.12. The van der Waals surface area contributed by atoms with Gasteiger partial charge in [0.15, 0.2) is 0 Å². The minimum absolute atomic E-state index is 0. The number of rotatable bonds is 18. The van der Waals surface area contributed by atoms with Gasteiger partial charge >= 0.3 is 36.2 Å². The second-order valence-electron chi connectivity index (χ2n) is 10.3. The number of carbonyl (C=O) groups excluding carboxylic acids is 6. The third-order valence-electron chi connectivity index (χ3n) is 6.48. The number of aryl methyl sites for hydroxylation is 1. The molecule has 3 rings (SSSR count). The van der Waals surface area contributed by atoms with E-state index in [1.807, 2.05) is 0 Å². The second kappa shape index (κ2) is 22.3. The van der Waals surface area contributed by atoms with Crippen molar-refractivity contribution in [2.24, 2.45) is 0 Å². The maximum atomic E-state index is 12.7. The topological polar surface area (TPSA) is 176 Å². The summed E-state index contributed by atoms with van der Waals surface area (Å²) >= 11 is 0. The highest BCUT2D eigenvalue weighted by Crippen LogP contribution is 2.26. The van der Waals surface area contributed by atoms with Crippen molar-refractivity contribution < 1.29 is 66.7 Å². The molecule has 3 aromatic carbocycles. The van der Waals surface area contributed by atoms with E-state index in [0.29, 0.717) is 31.2 Å². The van der Waals surface area contributed by atoms with Crippen molar-refractivity contribution in [1.29, 1.82) is 0 Å². The van der Waals surface area contributed by atoms with Crippen LogP contribution in [0.2, 0.25) is 0 Å². The Morgan fingerprint density at radius 2 is 0.904 bits per heavy atom. The first-order valence-electron chi connectivity index (χ1n) is 15.6. The average molecular weight is 721 g/mol. The second-order valence-corrected chi connectivity index (χ2v) is 10.3. The molecular weight excluding hydrogens is 680 g/mol. The summed E-state index contributed by atoms with van der Waals surface area (Å²) in [6, 6.07) is 15.7. The SMILES string of the molecule is C.C=CC(=O)OCCCCOC(=O)Oc1ccc(C(=O)Oc2ccc(OC(=O)c3ccc(OC(=O)OCCCCOC(=O)C=C)cc3)c(C)c2)cc1. The Kier molecular flexibility index (Phi) is 17.9. The van der Waals surface area contributed by atoms with Gasteiger partial charge in [0.2, 0.25) is 0 Å². The van der Waals surface area contributed by atoms with Crippen LogP contribution in [0, 0.1) is 6.92 Å². The van der Waals surface area contributed by atoms with Gasteiger partial charge in [0, 0.05) is 12.2 Å². The van der Waals surface area contributed by atoms with Crippen molar-refractivity contribution in [3.63, 3.8) is 0 Å². The molecule has 14 nitrogen and oxygen atoms in total. The molecule has 0 heterocycles.